The van der Waals surface area contributed by atoms with E-state index in [2.05, 4.69) is 10.2 Å². The Labute approximate surface area is 195 Å². The van der Waals surface area contributed by atoms with Crippen LogP contribution in [0.2, 0.25) is 5.02 Å². The first-order valence-corrected chi connectivity index (χ1v) is 10.8. The highest BCUT2D eigenvalue weighted by molar-refractivity contribution is 6.33. The van der Waals surface area contributed by atoms with Gasteiger partial charge in [-0.1, -0.05) is 41.4 Å². The first-order chi connectivity index (χ1) is 15.8. The highest BCUT2D eigenvalue weighted by atomic mass is 35.5. The summed E-state index contributed by atoms with van der Waals surface area (Å²) in [5, 5.41) is 27.2. The molecule has 1 N–H and O–H groups in total. The number of para-hydroxylation sites is 1. The van der Waals surface area contributed by atoms with E-state index in [0.29, 0.717) is 42.6 Å². The Bertz CT molecular complexity index is 1190. The predicted molar refractivity (Wildman–Crippen MR) is 130 cm³/mol. The molecule has 1 fully saturated rings. The normalized spacial score (nSPS) is 13.6. The average molecular weight is 468 g/mol. The zero-order valence-electron chi connectivity index (χ0n) is 17.9. The number of nitro benzene ring substituents is 2. The Morgan fingerprint density at radius 2 is 1.39 bits per heavy atom. The monoisotopic (exact) mass is 467 g/mol. The summed E-state index contributed by atoms with van der Waals surface area (Å²) >= 11 is 6.32. The molecule has 0 aliphatic carbocycles. The smallest absolute Gasteiger partial charge is 0.299 e. The second-order valence-electron chi connectivity index (χ2n) is 7.79. The number of nitrogens with zero attached hydrogens (tertiary/aromatic N) is 4. The van der Waals surface area contributed by atoms with Crippen LogP contribution in [-0.2, 0) is 0 Å². The maximum Gasteiger partial charge on any atom is 0.299 e. The lowest BCUT2D eigenvalue weighted by Crippen LogP contribution is -2.46. The molecule has 0 bridgehead atoms. The Hall–Kier alpha value is -3.85. The van der Waals surface area contributed by atoms with Crippen molar-refractivity contribution >= 4 is 45.7 Å². The van der Waals surface area contributed by atoms with Gasteiger partial charge in [-0.25, -0.2) is 0 Å². The third-order valence-corrected chi connectivity index (χ3v) is 5.95. The summed E-state index contributed by atoms with van der Waals surface area (Å²) in [6.45, 7) is 4.18. The molecule has 0 spiro atoms. The van der Waals surface area contributed by atoms with Gasteiger partial charge in [-0.2, -0.15) is 0 Å². The fourth-order valence-corrected chi connectivity index (χ4v) is 4.16. The van der Waals surface area contributed by atoms with E-state index >= 15 is 0 Å². The number of piperazine rings is 1. The quantitative estimate of drug-likeness (QED) is 0.375. The van der Waals surface area contributed by atoms with Gasteiger partial charge in [0.25, 0.3) is 11.4 Å². The number of benzene rings is 3. The van der Waals surface area contributed by atoms with Crippen LogP contribution in [0, 0.1) is 27.2 Å². The summed E-state index contributed by atoms with van der Waals surface area (Å²) < 4.78 is 0. The molecule has 0 amide bonds. The molecule has 33 heavy (non-hydrogen) atoms. The van der Waals surface area contributed by atoms with Crippen molar-refractivity contribution in [3.63, 3.8) is 0 Å². The van der Waals surface area contributed by atoms with Crippen molar-refractivity contribution in [2.24, 2.45) is 0 Å². The molecule has 1 aliphatic heterocycles. The van der Waals surface area contributed by atoms with Crippen LogP contribution in [0.4, 0.5) is 34.1 Å². The highest BCUT2D eigenvalue weighted by Crippen LogP contribution is 2.40. The molecule has 0 aromatic heterocycles. The molecule has 0 unspecified atom stereocenters. The van der Waals surface area contributed by atoms with E-state index in [1.165, 1.54) is 6.07 Å². The number of halogens is 1. The molecule has 0 atom stereocenters. The maximum atomic E-state index is 11.8. The first kappa shape index (κ1) is 22.3. The van der Waals surface area contributed by atoms with Gasteiger partial charge in [-0.05, 0) is 37.3 Å². The molecular weight excluding hydrogens is 446 g/mol. The van der Waals surface area contributed by atoms with Gasteiger partial charge >= 0.3 is 0 Å². The zero-order chi connectivity index (χ0) is 23.5. The molecule has 1 saturated heterocycles. The average Bonchev–Trinajstić information content (AvgIpc) is 2.80. The van der Waals surface area contributed by atoms with Crippen LogP contribution in [-0.4, -0.2) is 36.0 Å². The van der Waals surface area contributed by atoms with E-state index < -0.39 is 9.85 Å². The third-order valence-electron chi connectivity index (χ3n) is 5.63. The first-order valence-electron chi connectivity index (χ1n) is 10.4. The summed E-state index contributed by atoms with van der Waals surface area (Å²) in [4.78, 5) is 26.3. The van der Waals surface area contributed by atoms with E-state index in [9.17, 15) is 20.2 Å². The van der Waals surface area contributed by atoms with Crippen molar-refractivity contribution in [1.29, 1.82) is 0 Å². The van der Waals surface area contributed by atoms with E-state index in [0.717, 1.165) is 17.3 Å². The minimum atomic E-state index is -0.608. The fourth-order valence-electron chi connectivity index (χ4n) is 3.91. The van der Waals surface area contributed by atoms with Gasteiger partial charge in [0.05, 0.1) is 26.6 Å². The molecule has 4 rings (SSSR count). The molecule has 0 saturated carbocycles. The summed E-state index contributed by atoms with van der Waals surface area (Å²) in [5.74, 6) is 0. The summed E-state index contributed by atoms with van der Waals surface area (Å²) in [7, 11) is 0. The standard InChI is InChI=1S/C23H22ClN5O4/c1-16-6-8-17(9-7-16)25-19-14-22(23(29(32)33)15-21(19)28(30)31)27-12-10-26(11-13-27)20-5-3-2-4-18(20)24/h2-9,14-15,25H,10-13H2,1H3. The molecule has 1 aliphatic rings. The van der Waals surface area contributed by atoms with Gasteiger partial charge in [0.15, 0.2) is 0 Å². The van der Waals surface area contributed by atoms with E-state index in [4.69, 9.17) is 11.6 Å². The molecule has 0 radical (unpaired) electrons. The SMILES string of the molecule is Cc1ccc(Nc2cc(N3CCN(c4ccccc4Cl)CC3)c([N+](=O)[O-])cc2[N+](=O)[O-])cc1. The van der Waals surface area contributed by atoms with E-state index in [1.54, 1.807) is 0 Å². The Kier molecular flexibility index (Phi) is 6.32. The number of anilines is 4. The van der Waals surface area contributed by atoms with Crippen molar-refractivity contribution in [1.82, 2.24) is 0 Å². The number of nitrogens with one attached hydrogen (secondary N) is 1. The predicted octanol–water partition coefficient (Wildman–Crippen LogP) is 5.54. The molecule has 170 valence electrons. The van der Waals surface area contributed by atoms with Crippen molar-refractivity contribution in [2.75, 3.05) is 41.3 Å². The van der Waals surface area contributed by atoms with Gasteiger partial charge in [0, 0.05) is 31.9 Å². The van der Waals surface area contributed by atoms with Gasteiger partial charge in [0.1, 0.15) is 11.4 Å². The second-order valence-corrected chi connectivity index (χ2v) is 8.20. The summed E-state index contributed by atoms with van der Waals surface area (Å²) in [6.07, 6.45) is 0. The van der Waals surface area contributed by atoms with Crippen LogP contribution < -0.4 is 15.1 Å². The number of hydrogen-bond acceptors (Lipinski definition) is 7. The maximum absolute atomic E-state index is 11.8. The van der Waals surface area contributed by atoms with Crippen LogP contribution in [0.5, 0.6) is 0 Å². The van der Waals surface area contributed by atoms with E-state index in [-0.39, 0.29) is 17.1 Å². The molecule has 1 heterocycles. The van der Waals surface area contributed by atoms with Crippen LogP contribution >= 0.6 is 11.6 Å². The number of rotatable bonds is 6. The van der Waals surface area contributed by atoms with Gasteiger partial charge < -0.3 is 15.1 Å². The molecule has 9 nitrogen and oxygen atoms in total. The lowest BCUT2D eigenvalue weighted by molar-refractivity contribution is -0.393. The summed E-state index contributed by atoms with van der Waals surface area (Å²) in [6, 6.07) is 17.5. The lowest BCUT2D eigenvalue weighted by Gasteiger charge is -2.37. The van der Waals surface area contributed by atoms with Crippen LogP contribution in [0.25, 0.3) is 0 Å². The van der Waals surface area contributed by atoms with Crippen molar-refractivity contribution in [3.05, 3.63) is 91.5 Å². The number of hydrogen-bond donors (Lipinski definition) is 1. The Balaban J connectivity index is 1.65. The van der Waals surface area contributed by atoms with E-state index in [1.807, 2.05) is 60.4 Å². The minimum Gasteiger partial charge on any atom is -0.367 e. The topological polar surface area (TPSA) is 105 Å². The van der Waals surface area contributed by atoms with Gasteiger partial charge in [0.2, 0.25) is 0 Å². The number of aryl methyl sites for hydroxylation is 1. The molecule has 3 aromatic carbocycles. The van der Waals surface area contributed by atoms with Crippen LogP contribution in [0.15, 0.2) is 60.7 Å². The van der Waals surface area contributed by atoms with Crippen molar-refractivity contribution < 1.29 is 9.85 Å². The van der Waals surface area contributed by atoms with Crippen molar-refractivity contribution in [3.8, 4) is 0 Å². The van der Waals surface area contributed by atoms with Gasteiger partial charge in [-0.15, -0.1) is 0 Å². The van der Waals surface area contributed by atoms with Crippen molar-refractivity contribution in [2.45, 2.75) is 6.92 Å². The van der Waals surface area contributed by atoms with Gasteiger partial charge in [-0.3, -0.25) is 20.2 Å². The lowest BCUT2D eigenvalue weighted by atomic mass is 10.1. The third kappa shape index (κ3) is 4.83. The second kappa shape index (κ2) is 9.33. The zero-order valence-corrected chi connectivity index (χ0v) is 18.7. The highest BCUT2D eigenvalue weighted by Gasteiger charge is 2.29. The Morgan fingerprint density at radius 1 is 0.818 bits per heavy atom. The molecule has 3 aromatic rings. The summed E-state index contributed by atoms with van der Waals surface area (Å²) in [5.41, 5.74) is 2.54. The van der Waals surface area contributed by atoms with Crippen LogP contribution in [0.1, 0.15) is 5.56 Å². The largest absolute Gasteiger partial charge is 0.367 e. The van der Waals surface area contributed by atoms with Crippen LogP contribution in [0.3, 0.4) is 0 Å². The molecule has 10 heteroatoms. The molecular formula is C23H22ClN5O4. The number of nitro groups is 2. The Morgan fingerprint density at radius 3 is 1.97 bits per heavy atom. The minimum absolute atomic E-state index is 0.206. The fraction of sp³-hybridized carbons (Fsp3) is 0.217.